The highest BCUT2D eigenvalue weighted by Gasteiger charge is 2.34. The Morgan fingerprint density at radius 3 is 2.65 bits per heavy atom. The molecule has 0 saturated heterocycles. The molecule has 2 rings (SSSR count). The Kier molecular flexibility index (Phi) is 4.86. The van der Waals surface area contributed by atoms with Crippen molar-refractivity contribution in [3.8, 4) is 0 Å². The molecule has 0 radical (unpaired) electrons. The largest absolute Gasteiger partial charge is 0.416 e. The average Bonchev–Trinajstić information content (AvgIpc) is 2.45. The van der Waals surface area contributed by atoms with Crippen LogP contribution in [0.15, 0.2) is 36.4 Å². The van der Waals surface area contributed by atoms with Crippen LogP contribution in [0.25, 0.3) is 0 Å². The fraction of sp³-hybridized carbons (Fsp3) is 0.500. The van der Waals surface area contributed by atoms with Crippen molar-refractivity contribution < 1.29 is 13.2 Å². The van der Waals surface area contributed by atoms with Crippen LogP contribution in [0.5, 0.6) is 0 Å². The lowest BCUT2D eigenvalue weighted by molar-refractivity contribution is -0.138. The summed E-state index contributed by atoms with van der Waals surface area (Å²) in [5, 5.41) is 3.25. The molecule has 1 aromatic rings. The van der Waals surface area contributed by atoms with Gasteiger partial charge in [0.2, 0.25) is 0 Å². The SMILES string of the molecule is CC(NCC1CC=CCC1)c1ccccc1C(F)(F)F. The first-order chi connectivity index (χ1) is 9.48. The van der Waals surface area contributed by atoms with Gasteiger partial charge in [0.1, 0.15) is 0 Å². The molecule has 0 spiro atoms. The molecule has 110 valence electrons. The molecular formula is C16H20F3N. The lowest BCUT2D eigenvalue weighted by atomic mass is 9.93. The summed E-state index contributed by atoms with van der Waals surface area (Å²) in [5.74, 6) is 0.528. The summed E-state index contributed by atoms with van der Waals surface area (Å²) in [4.78, 5) is 0. The highest BCUT2D eigenvalue weighted by Crippen LogP contribution is 2.34. The minimum Gasteiger partial charge on any atom is -0.310 e. The van der Waals surface area contributed by atoms with Gasteiger partial charge in [0.05, 0.1) is 5.56 Å². The Labute approximate surface area is 117 Å². The van der Waals surface area contributed by atoms with Crippen LogP contribution in [0.4, 0.5) is 13.2 Å². The first-order valence-corrected chi connectivity index (χ1v) is 7.03. The third-order valence-corrected chi connectivity index (χ3v) is 3.82. The Balaban J connectivity index is 2.02. The molecule has 1 N–H and O–H groups in total. The van der Waals surface area contributed by atoms with Gasteiger partial charge in [0.15, 0.2) is 0 Å². The van der Waals surface area contributed by atoms with Gasteiger partial charge in [-0.05, 0) is 50.3 Å². The lowest BCUT2D eigenvalue weighted by Crippen LogP contribution is -2.27. The quantitative estimate of drug-likeness (QED) is 0.789. The Hall–Kier alpha value is -1.29. The van der Waals surface area contributed by atoms with Crippen molar-refractivity contribution in [1.82, 2.24) is 5.32 Å². The Morgan fingerprint density at radius 2 is 2.00 bits per heavy atom. The molecule has 1 nitrogen and oxygen atoms in total. The predicted molar refractivity (Wildman–Crippen MR) is 74.3 cm³/mol. The molecule has 0 aromatic heterocycles. The van der Waals surface area contributed by atoms with Crippen LogP contribution in [-0.2, 0) is 6.18 Å². The van der Waals surface area contributed by atoms with Gasteiger partial charge >= 0.3 is 6.18 Å². The second kappa shape index (κ2) is 6.44. The molecule has 0 bridgehead atoms. The Bertz CT molecular complexity index is 465. The monoisotopic (exact) mass is 283 g/mol. The third-order valence-electron chi connectivity index (χ3n) is 3.82. The number of alkyl halides is 3. The summed E-state index contributed by atoms with van der Waals surface area (Å²) >= 11 is 0. The summed E-state index contributed by atoms with van der Waals surface area (Å²) < 4.78 is 38.9. The number of nitrogens with one attached hydrogen (secondary N) is 1. The van der Waals surface area contributed by atoms with E-state index in [9.17, 15) is 13.2 Å². The van der Waals surface area contributed by atoms with Crippen molar-refractivity contribution >= 4 is 0 Å². The van der Waals surface area contributed by atoms with Gasteiger partial charge in [0, 0.05) is 6.04 Å². The third kappa shape index (κ3) is 3.85. The van der Waals surface area contributed by atoms with Crippen molar-refractivity contribution in [3.05, 3.63) is 47.5 Å². The molecule has 0 fully saturated rings. The topological polar surface area (TPSA) is 12.0 Å². The van der Waals surface area contributed by atoms with Gasteiger partial charge in [-0.3, -0.25) is 0 Å². The van der Waals surface area contributed by atoms with E-state index in [2.05, 4.69) is 17.5 Å². The zero-order chi connectivity index (χ0) is 14.6. The maximum Gasteiger partial charge on any atom is 0.416 e. The van der Waals surface area contributed by atoms with Crippen molar-refractivity contribution in [1.29, 1.82) is 0 Å². The van der Waals surface area contributed by atoms with E-state index in [0.717, 1.165) is 31.9 Å². The van der Waals surface area contributed by atoms with Crippen LogP contribution in [-0.4, -0.2) is 6.54 Å². The highest BCUT2D eigenvalue weighted by molar-refractivity contribution is 5.32. The van der Waals surface area contributed by atoms with E-state index in [-0.39, 0.29) is 6.04 Å². The lowest BCUT2D eigenvalue weighted by Gasteiger charge is -2.23. The first kappa shape index (κ1) is 15.1. The molecule has 1 aromatic carbocycles. The van der Waals surface area contributed by atoms with Crippen LogP contribution in [0.2, 0.25) is 0 Å². The molecular weight excluding hydrogens is 263 g/mol. The van der Waals surface area contributed by atoms with Crippen molar-refractivity contribution in [2.75, 3.05) is 6.54 Å². The summed E-state index contributed by atoms with van der Waals surface area (Å²) in [6, 6.07) is 5.51. The van der Waals surface area contributed by atoms with Crippen LogP contribution in [0.1, 0.15) is 43.4 Å². The molecule has 4 heteroatoms. The molecule has 2 unspecified atom stereocenters. The molecule has 0 amide bonds. The van der Waals surface area contributed by atoms with Gasteiger partial charge in [-0.15, -0.1) is 0 Å². The van der Waals surface area contributed by atoms with Crippen molar-refractivity contribution in [2.24, 2.45) is 5.92 Å². The zero-order valence-electron chi connectivity index (χ0n) is 11.6. The normalized spacial score (nSPS) is 20.9. The summed E-state index contributed by atoms with van der Waals surface area (Å²) in [7, 11) is 0. The van der Waals surface area contributed by atoms with E-state index in [1.165, 1.54) is 6.07 Å². The first-order valence-electron chi connectivity index (χ1n) is 7.03. The maximum atomic E-state index is 13.0. The second-order valence-electron chi connectivity index (χ2n) is 5.37. The summed E-state index contributed by atoms with van der Waals surface area (Å²) in [6.45, 7) is 2.56. The molecule has 1 aliphatic rings. The number of halogens is 3. The fourth-order valence-electron chi connectivity index (χ4n) is 2.63. The smallest absolute Gasteiger partial charge is 0.310 e. The van der Waals surface area contributed by atoms with Gasteiger partial charge < -0.3 is 5.32 Å². The van der Waals surface area contributed by atoms with Gasteiger partial charge in [-0.25, -0.2) is 0 Å². The molecule has 0 heterocycles. The van der Waals surface area contributed by atoms with Crippen molar-refractivity contribution in [3.63, 3.8) is 0 Å². The van der Waals surface area contributed by atoms with Crippen LogP contribution in [0.3, 0.4) is 0 Å². The number of hydrogen-bond donors (Lipinski definition) is 1. The number of benzene rings is 1. The van der Waals surface area contributed by atoms with Crippen molar-refractivity contribution in [2.45, 2.75) is 38.4 Å². The highest BCUT2D eigenvalue weighted by atomic mass is 19.4. The van der Waals surface area contributed by atoms with Crippen LogP contribution >= 0.6 is 0 Å². The van der Waals surface area contributed by atoms with Gasteiger partial charge in [-0.2, -0.15) is 13.2 Å². The molecule has 2 atom stereocenters. The Morgan fingerprint density at radius 1 is 1.25 bits per heavy atom. The summed E-state index contributed by atoms with van der Waals surface area (Å²) in [6.07, 6.45) is 3.22. The van der Waals surface area contributed by atoms with E-state index < -0.39 is 11.7 Å². The molecule has 0 saturated carbocycles. The molecule has 0 aliphatic heterocycles. The predicted octanol–water partition coefficient (Wildman–Crippen LogP) is 4.71. The van der Waals surface area contributed by atoms with Crippen LogP contribution < -0.4 is 5.32 Å². The average molecular weight is 283 g/mol. The van der Waals surface area contributed by atoms with E-state index >= 15 is 0 Å². The minimum atomic E-state index is -4.29. The number of rotatable bonds is 4. The van der Waals surface area contributed by atoms with E-state index in [1.54, 1.807) is 19.1 Å². The van der Waals surface area contributed by atoms with Crippen LogP contribution in [0, 0.1) is 5.92 Å². The maximum absolute atomic E-state index is 13.0. The van der Waals surface area contributed by atoms with Gasteiger partial charge in [-0.1, -0.05) is 30.4 Å². The minimum absolute atomic E-state index is 0.293. The zero-order valence-corrected chi connectivity index (χ0v) is 11.6. The fourth-order valence-corrected chi connectivity index (χ4v) is 2.63. The number of allylic oxidation sites excluding steroid dienone is 2. The number of hydrogen-bond acceptors (Lipinski definition) is 1. The van der Waals surface area contributed by atoms with E-state index in [1.807, 2.05) is 0 Å². The second-order valence-corrected chi connectivity index (χ2v) is 5.37. The molecule has 1 aliphatic carbocycles. The van der Waals surface area contributed by atoms with E-state index in [4.69, 9.17) is 0 Å². The van der Waals surface area contributed by atoms with E-state index in [0.29, 0.717) is 11.5 Å². The molecule has 20 heavy (non-hydrogen) atoms. The standard InChI is InChI=1S/C16H20F3N/c1-12(20-11-13-7-3-2-4-8-13)14-9-5-6-10-15(14)16(17,18)19/h2-3,5-6,9-10,12-13,20H,4,7-8,11H2,1H3. The van der Waals surface area contributed by atoms with Gasteiger partial charge in [0.25, 0.3) is 0 Å². The summed E-state index contributed by atoms with van der Waals surface area (Å²) in [5.41, 5.74) is -0.213.